The van der Waals surface area contributed by atoms with E-state index in [0.717, 1.165) is 19.3 Å². The van der Waals surface area contributed by atoms with Gasteiger partial charge in [-0.15, -0.1) is 0 Å². The highest BCUT2D eigenvalue weighted by Crippen LogP contribution is 2.39. The summed E-state index contributed by atoms with van der Waals surface area (Å²) in [6.45, 7) is 1.39. The first-order valence-corrected chi connectivity index (χ1v) is 6.54. The van der Waals surface area contributed by atoms with Crippen LogP contribution in [0.2, 0.25) is 0 Å². The SMILES string of the molecule is CN1CCCN(C(=O)C2(C#N)CCCC2)CC1=O. The van der Waals surface area contributed by atoms with Crippen LogP contribution in [0.1, 0.15) is 32.1 Å². The van der Waals surface area contributed by atoms with Crippen molar-refractivity contribution in [2.75, 3.05) is 26.7 Å². The van der Waals surface area contributed by atoms with E-state index in [2.05, 4.69) is 6.07 Å². The van der Waals surface area contributed by atoms with Gasteiger partial charge < -0.3 is 9.80 Å². The summed E-state index contributed by atoms with van der Waals surface area (Å²) in [4.78, 5) is 27.5. The smallest absolute Gasteiger partial charge is 0.243 e. The van der Waals surface area contributed by atoms with Gasteiger partial charge in [-0.1, -0.05) is 12.8 Å². The van der Waals surface area contributed by atoms with Crippen LogP contribution < -0.4 is 0 Å². The van der Waals surface area contributed by atoms with Crippen molar-refractivity contribution >= 4 is 11.8 Å². The molecule has 18 heavy (non-hydrogen) atoms. The first-order valence-electron chi connectivity index (χ1n) is 6.54. The van der Waals surface area contributed by atoms with E-state index in [4.69, 9.17) is 0 Å². The number of amides is 2. The van der Waals surface area contributed by atoms with E-state index in [-0.39, 0.29) is 18.4 Å². The monoisotopic (exact) mass is 249 g/mol. The molecular formula is C13H19N3O2. The molecule has 1 aliphatic heterocycles. The molecule has 2 amide bonds. The lowest BCUT2D eigenvalue weighted by atomic mass is 9.86. The maximum absolute atomic E-state index is 12.5. The van der Waals surface area contributed by atoms with Crippen molar-refractivity contribution in [2.24, 2.45) is 5.41 Å². The number of rotatable bonds is 1. The Morgan fingerprint density at radius 3 is 2.56 bits per heavy atom. The molecule has 1 aliphatic carbocycles. The molecule has 5 nitrogen and oxygen atoms in total. The van der Waals surface area contributed by atoms with Gasteiger partial charge in [0.05, 0.1) is 12.6 Å². The average molecular weight is 249 g/mol. The lowest BCUT2D eigenvalue weighted by molar-refractivity contribution is -0.143. The summed E-state index contributed by atoms with van der Waals surface area (Å²) in [5.41, 5.74) is -0.858. The van der Waals surface area contributed by atoms with Gasteiger partial charge in [0.1, 0.15) is 5.41 Å². The van der Waals surface area contributed by atoms with Gasteiger partial charge in [-0.25, -0.2) is 0 Å². The normalized spacial score (nSPS) is 23.7. The largest absolute Gasteiger partial charge is 0.344 e. The van der Waals surface area contributed by atoms with E-state index in [1.54, 1.807) is 16.8 Å². The summed E-state index contributed by atoms with van der Waals surface area (Å²) < 4.78 is 0. The maximum Gasteiger partial charge on any atom is 0.243 e. The number of hydrogen-bond donors (Lipinski definition) is 0. The van der Waals surface area contributed by atoms with Gasteiger partial charge in [-0.2, -0.15) is 5.26 Å². The minimum atomic E-state index is -0.858. The second kappa shape index (κ2) is 4.97. The fourth-order valence-electron chi connectivity index (χ4n) is 2.81. The molecule has 0 bridgehead atoms. The summed E-state index contributed by atoms with van der Waals surface area (Å²) in [5.74, 6) is -0.168. The number of carbonyl (C=O) groups excluding carboxylic acids is 2. The van der Waals surface area contributed by atoms with Crippen LogP contribution in [0.4, 0.5) is 0 Å². The Labute approximate surface area is 107 Å². The highest BCUT2D eigenvalue weighted by molar-refractivity contribution is 5.90. The highest BCUT2D eigenvalue weighted by atomic mass is 16.2. The van der Waals surface area contributed by atoms with Crippen LogP contribution in [-0.2, 0) is 9.59 Å². The third kappa shape index (κ3) is 2.20. The molecule has 1 saturated carbocycles. The van der Waals surface area contributed by atoms with Crippen molar-refractivity contribution in [1.29, 1.82) is 5.26 Å². The van der Waals surface area contributed by atoms with E-state index in [0.29, 0.717) is 25.9 Å². The van der Waals surface area contributed by atoms with Crippen LogP contribution in [-0.4, -0.2) is 48.3 Å². The summed E-state index contributed by atoms with van der Waals surface area (Å²) in [6, 6.07) is 2.20. The molecule has 5 heteroatoms. The van der Waals surface area contributed by atoms with Crippen molar-refractivity contribution in [3.05, 3.63) is 0 Å². The van der Waals surface area contributed by atoms with E-state index >= 15 is 0 Å². The molecule has 1 heterocycles. The van der Waals surface area contributed by atoms with Crippen molar-refractivity contribution in [3.63, 3.8) is 0 Å². The highest BCUT2D eigenvalue weighted by Gasteiger charge is 2.44. The molecule has 0 aromatic rings. The zero-order valence-corrected chi connectivity index (χ0v) is 10.8. The molecule has 2 rings (SSSR count). The number of carbonyl (C=O) groups is 2. The maximum atomic E-state index is 12.5. The molecule has 0 radical (unpaired) electrons. The number of hydrogen-bond acceptors (Lipinski definition) is 3. The average Bonchev–Trinajstić information content (AvgIpc) is 2.79. The molecule has 0 unspecified atom stereocenters. The molecule has 0 aromatic heterocycles. The summed E-state index contributed by atoms with van der Waals surface area (Å²) in [6.07, 6.45) is 3.93. The van der Waals surface area contributed by atoms with E-state index in [1.807, 2.05) is 0 Å². The number of nitriles is 1. The zero-order valence-electron chi connectivity index (χ0n) is 10.8. The fourth-order valence-corrected chi connectivity index (χ4v) is 2.81. The molecule has 0 aromatic carbocycles. The molecule has 0 atom stereocenters. The fraction of sp³-hybridized carbons (Fsp3) is 0.769. The second-order valence-electron chi connectivity index (χ2n) is 5.30. The Bertz CT molecular complexity index is 394. The predicted molar refractivity (Wildman–Crippen MR) is 65.3 cm³/mol. The van der Waals surface area contributed by atoms with Crippen LogP contribution in [0.5, 0.6) is 0 Å². The molecule has 2 aliphatic rings. The Morgan fingerprint density at radius 2 is 1.94 bits per heavy atom. The number of nitrogens with zero attached hydrogens (tertiary/aromatic N) is 3. The third-order valence-corrected chi connectivity index (χ3v) is 4.04. The van der Waals surface area contributed by atoms with Crippen LogP contribution >= 0.6 is 0 Å². The Hall–Kier alpha value is -1.57. The Morgan fingerprint density at radius 1 is 1.28 bits per heavy atom. The van der Waals surface area contributed by atoms with Gasteiger partial charge in [0.15, 0.2) is 0 Å². The van der Waals surface area contributed by atoms with Gasteiger partial charge in [0, 0.05) is 20.1 Å². The van der Waals surface area contributed by atoms with Crippen LogP contribution in [0, 0.1) is 16.7 Å². The van der Waals surface area contributed by atoms with Gasteiger partial charge >= 0.3 is 0 Å². The molecule has 0 N–H and O–H groups in total. The zero-order chi connectivity index (χ0) is 13.2. The minimum Gasteiger partial charge on any atom is -0.344 e. The molecular weight excluding hydrogens is 230 g/mol. The summed E-state index contributed by atoms with van der Waals surface area (Å²) >= 11 is 0. The van der Waals surface area contributed by atoms with Crippen molar-refractivity contribution in [3.8, 4) is 6.07 Å². The quantitative estimate of drug-likeness (QED) is 0.689. The topological polar surface area (TPSA) is 64.4 Å². The van der Waals surface area contributed by atoms with Crippen LogP contribution in [0.3, 0.4) is 0 Å². The lowest BCUT2D eigenvalue weighted by Crippen LogP contribution is -2.45. The summed E-state index contributed by atoms with van der Waals surface area (Å²) in [5, 5.41) is 9.31. The second-order valence-corrected chi connectivity index (χ2v) is 5.30. The van der Waals surface area contributed by atoms with Gasteiger partial charge in [0.25, 0.3) is 0 Å². The third-order valence-electron chi connectivity index (χ3n) is 4.04. The number of likely N-dealkylation sites (N-methyl/N-ethyl adjacent to an activating group) is 1. The molecule has 98 valence electrons. The Kier molecular flexibility index (Phi) is 3.55. The van der Waals surface area contributed by atoms with Gasteiger partial charge in [-0.05, 0) is 19.3 Å². The van der Waals surface area contributed by atoms with E-state index < -0.39 is 5.41 Å². The minimum absolute atomic E-state index is 0.0352. The predicted octanol–water partition coefficient (Wildman–Crippen LogP) is 0.761. The molecule has 2 fully saturated rings. The van der Waals surface area contributed by atoms with Crippen LogP contribution in [0.15, 0.2) is 0 Å². The van der Waals surface area contributed by atoms with Crippen molar-refractivity contribution in [1.82, 2.24) is 9.80 Å². The first kappa shape index (κ1) is 12.9. The molecule has 1 saturated heterocycles. The molecule has 0 spiro atoms. The summed E-state index contributed by atoms with van der Waals surface area (Å²) in [7, 11) is 1.76. The van der Waals surface area contributed by atoms with Crippen molar-refractivity contribution in [2.45, 2.75) is 32.1 Å². The van der Waals surface area contributed by atoms with Crippen molar-refractivity contribution < 1.29 is 9.59 Å². The first-order chi connectivity index (χ1) is 8.59. The standard InChI is InChI=1S/C13H19N3O2/c1-15-7-4-8-16(9-11(15)17)12(18)13(10-14)5-2-3-6-13/h2-9H2,1H3. The van der Waals surface area contributed by atoms with Gasteiger partial charge in [-0.3, -0.25) is 9.59 Å². The van der Waals surface area contributed by atoms with E-state index in [9.17, 15) is 14.9 Å². The van der Waals surface area contributed by atoms with E-state index in [1.165, 1.54) is 0 Å². The van der Waals surface area contributed by atoms with Gasteiger partial charge in [0.2, 0.25) is 11.8 Å². The Balaban J connectivity index is 2.13. The van der Waals surface area contributed by atoms with Crippen LogP contribution in [0.25, 0.3) is 0 Å². The lowest BCUT2D eigenvalue weighted by Gasteiger charge is -2.28.